The average molecular weight is 597 g/mol. The van der Waals surface area contributed by atoms with Gasteiger partial charge in [-0.1, -0.05) is 23.7 Å². The Morgan fingerprint density at radius 2 is 1.85 bits per heavy atom. The highest BCUT2D eigenvalue weighted by molar-refractivity contribution is 7.91. The van der Waals surface area contributed by atoms with Gasteiger partial charge in [-0.25, -0.2) is 18.4 Å². The largest absolute Gasteiger partial charge is 0.353 e. The van der Waals surface area contributed by atoms with Crippen molar-refractivity contribution >= 4 is 54.9 Å². The molecule has 6 rings (SSSR count). The predicted octanol–water partition coefficient (Wildman–Crippen LogP) is 3.59. The van der Waals surface area contributed by atoms with Gasteiger partial charge in [-0.3, -0.25) is 14.6 Å². The van der Waals surface area contributed by atoms with Crippen molar-refractivity contribution in [2.75, 3.05) is 19.6 Å². The molecule has 1 N–H and O–H groups in total. The maximum atomic E-state index is 13.6. The number of amides is 2. The van der Waals surface area contributed by atoms with E-state index in [9.17, 15) is 18.0 Å². The number of hydrogen-bond acceptors (Lipinski definition) is 8. The summed E-state index contributed by atoms with van der Waals surface area (Å²) in [5, 5.41) is 4.26. The molecule has 1 aliphatic heterocycles. The van der Waals surface area contributed by atoms with Crippen LogP contribution in [0.4, 0.5) is 0 Å². The van der Waals surface area contributed by atoms with E-state index >= 15 is 0 Å². The number of fused-ring (bicyclic) bond motifs is 1. The second-order valence-corrected chi connectivity index (χ2v) is 13.5. The van der Waals surface area contributed by atoms with Crippen molar-refractivity contribution in [2.45, 2.75) is 35.6 Å². The van der Waals surface area contributed by atoms with Crippen LogP contribution < -0.4 is 5.32 Å². The molecule has 0 radical (unpaired) electrons. The minimum Gasteiger partial charge on any atom is -0.353 e. The Bertz CT molecular complexity index is 1680. The number of thiophene rings is 1. The smallest absolute Gasteiger partial charge is 0.292 e. The molecular formula is C27H25ClN6O4S2. The summed E-state index contributed by atoms with van der Waals surface area (Å²) in [4.78, 5) is 40.6. The number of sulfonamides is 1. The molecule has 1 saturated carbocycles. The molecule has 1 saturated heterocycles. The van der Waals surface area contributed by atoms with Crippen LogP contribution in [0.15, 0.2) is 65.3 Å². The molecule has 2 fully saturated rings. The molecule has 40 heavy (non-hydrogen) atoms. The quantitative estimate of drug-likeness (QED) is 0.345. The molecule has 2 aliphatic rings. The standard InChI is InChI=1S/C27H25ClN6O4S2/c28-19-5-4-17-11-25(39-23(17)12-19)40(37,38)33-9-10-34(21(16-33)13-24(35)32-20-6-7-20)27(36)26-30-14-18(15-31-26)22-3-1-2-8-29-22/h1-5,8,11-12,14-15,20-21H,6-7,9-10,13,16H2,(H,32,35). The van der Waals surface area contributed by atoms with Crippen molar-refractivity contribution in [3.63, 3.8) is 0 Å². The predicted molar refractivity (Wildman–Crippen MR) is 151 cm³/mol. The summed E-state index contributed by atoms with van der Waals surface area (Å²) >= 11 is 7.24. The first-order valence-electron chi connectivity index (χ1n) is 12.8. The second kappa shape index (κ2) is 10.8. The molecule has 2 amide bonds. The van der Waals surface area contributed by atoms with Gasteiger partial charge in [0, 0.05) is 66.0 Å². The van der Waals surface area contributed by atoms with Crippen molar-refractivity contribution in [1.29, 1.82) is 0 Å². The van der Waals surface area contributed by atoms with E-state index in [1.54, 1.807) is 36.5 Å². The van der Waals surface area contributed by atoms with Gasteiger partial charge in [0.05, 0.1) is 11.7 Å². The van der Waals surface area contributed by atoms with Crippen LogP contribution in [0.5, 0.6) is 0 Å². The Labute approximate surface area is 240 Å². The minimum absolute atomic E-state index is 0.0207. The van der Waals surface area contributed by atoms with Gasteiger partial charge >= 0.3 is 0 Å². The van der Waals surface area contributed by atoms with Crippen LogP contribution in [0.1, 0.15) is 29.9 Å². The molecule has 13 heteroatoms. The van der Waals surface area contributed by atoms with Gasteiger partial charge in [-0.2, -0.15) is 4.31 Å². The number of rotatable bonds is 7. The summed E-state index contributed by atoms with van der Waals surface area (Å²) < 4.78 is 29.6. The zero-order valence-corrected chi connectivity index (χ0v) is 23.6. The lowest BCUT2D eigenvalue weighted by atomic mass is 10.1. The van der Waals surface area contributed by atoms with Crippen LogP contribution >= 0.6 is 22.9 Å². The SMILES string of the molecule is O=C(CC1CN(S(=O)(=O)c2cc3ccc(Cl)cc3s2)CCN1C(=O)c1ncc(-c2ccccn2)cn1)NC1CC1. The molecule has 10 nitrogen and oxygen atoms in total. The summed E-state index contributed by atoms with van der Waals surface area (Å²) in [5.74, 6) is -0.692. The number of aromatic nitrogens is 3. The number of nitrogens with one attached hydrogen (secondary N) is 1. The topological polar surface area (TPSA) is 125 Å². The maximum absolute atomic E-state index is 13.6. The first kappa shape index (κ1) is 26.8. The maximum Gasteiger partial charge on any atom is 0.292 e. The van der Waals surface area contributed by atoms with Crippen molar-refractivity contribution in [3.8, 4) is 11.3 Å². The van der Waals surface area contributed by atoms with E-state index in [0.717, 1.165) is 34.3 Å². The molecule has 1 unspecified atom stereocenters. The highest BCUT2D eigenvalue weighted by Crippen LogP contribution is 2.34. The Morgan fingerprint density at radius 1 is 1.05 bits per heavy atom. The highest BCUT2D eigenvalue weighted by atomic mass is 35.5. The number of carbonyl (C=O) groups is 2. The van der Waals surface area contributed by atoms with Crippen LogP contribution in [-0.2, 0) is 14.8 Å². The van der Waals surface area contributed by atoms with Crippen molar-refractivity contribution in [3.05, 3.63) is 71.9 Å². The first-order chi connectivity index (χ1) is 19.3. The fourth-order valence-corrected chi connectivity index (χ4v) is 7.98. The summed E-state index contributed by atoms with van der Waals surface area (Å²) in [7, 11) is -3.87. The monoisotopic (exact) mass is 596 g/mol. The van der Waals surface area contributed by atoms with Gasteiger partial charge in [0.2, 0.25) is 11.7 Å². The van der Waals surface area contributed by atoms with Gasteiger partial charge in [0.15, 0.2) is 0 Å². The van der Waals surface area contributed by atoms with E-state index in [4.69, 9.17) is 11.6 Å². The highest BCUT2D eigenvalue weighted by Gasteiger charge is 2.39. The summed E-state index contributed by atoms with van der Waals surface area (Å²) in [6, 6.07) is 11.8. The van der Waals surface area contributed by atoms with E-state index in [2.05, 4.69) is 20.3 Å². The molecular weight excluding hydrogens is 572 g/mol. The molecule has 1 aliphatic carbocycles. The number of piperazine rings is 1. The molecule has 0 bridgehead atoms. The molecule has 4 heterocycles. The van der Waals surface area contributed by atoms with Crippen molar-refractivity contribution in [1.82, 2.24) is 29.5 Å². The van der Waals surface area contributed by atoms with E-state index in [1.807, 2.05) is 12.1 Å². The zero-order valence-electron chi connectivity index (χ0n) is 21.2. The minimum atomic E-state index is -3.87. The van der Waals surface area contributed by atoms with Gasteiger partial charge in [-0.05, 0) is 48.6 Å². The van der Waals surface area contributed by atoms with Crippen LogP contribution in [-0.4, -0.2) is 76.1 Å². The molecule has 1 aromatic carbocycles. The summed E-state index contributed by atoms with van der Waals surface area (Å²) in [6.07, 6.45) is 6.55. The Hall–Kier alpha value is -3.45. The van der Waals surface area contributed by atoms with Gasteiger partial charge in [0.25, 0.3) is 15.9 Å². The molecule has 0 spiro atoms. The van der Waals surface area contributed by atoms with E-state index < -0.39 is 22.0 Å². The normalized spacial score (nSPS) is 18.1. The average Bonchev–Trinajstić information content (AvgIpc) is 3.67. The number of nitrogens with zero attached hydrogens (tertiary/aromatic N) is 5. The Morgan fingerprint density at radius 3 is 2.58 bits per heavy atom. The van der Waals surface area contributed by atoms with Crippen molar-refractivity contribution in [2.24, 2.45) is 0 Å². The Balaban J connectivity index is 1.24. The van der Waals surface area contributed by atoms with Crippen LogP contribution in [0.2, 0.25) is 5.02 Å². The van der Waals surface area contributed by atoms with Gasteiger partial charge < -0.3 is 10.2 Å². The third-order valence-corrected chi connectivity index (χ3v) is 10.6. The van der Waals surface area contributed by atoms with E-state index in [1.165, 1.54) is 21.6 Å². The van der Waals surface area contributed by atoms with E-state index in [-0.39, 0.29) is 48.0 Å². The zero-order chi connectivity index (χ0) is 27.9. The number of carbonyl (C=O) groups excluding carboxylic acids is 2. The number of halogens is 1. The van der Waals surface area contributed by atoms with Crippen LogP contribution in [0.25, 0.3) is 21.3 Å². The van der Waals surface area contributed by atoms with Gasteiger partial charge in [0.1, 0.15) is 4.21 Å². The molecule has 206 valence electrons. The molecule has 3 aromatic heterocycles. The Kier molecular flexibility index (Phi) is 7.26. The number of pyridine rings is 1. The second-order valence-electron chi connectivity index (χ2n) is 9.82. The lowest BCUT2D eigenvalue weighted by Gasteiger charge is -2.40. The molecule has 1 atom stereocenters. The lowest BCUT2D eigenvalue weighted by Crippen LogP contribution is -2.57. The van der Waals surface area contributed by atoms with Crippen molar-refractivity contribution < 1.29 is 18.0 Å². The fraction of sp³-hybridized carbons (Fsp3) is 0.296. The van der Waals surface area contributed by atoms with Gasteiger partial charge in [-0.15, -0.1) is 11.3 Å². The van der Waals surface area contributed by atoms with Crippen LogP contribution in [0, 0.1) is 0 Å². The van der Waals surface area contributed by atoms with E-state index in [0.29, 0.717) is 16.3 Å². The molecule has 4 aromatic rings. The van der Waals surface area contributed by atoms with Crippen LogP contribution in [0.3, 0.4) is 0 Å². The third kappa shape index (κ3) is 5.57. The number of benzene rings is 1. The number of hydrogen-bond donors (Lipinski definition) is 1. The summed E-state index contributed by atoms with van der Waals surface area (Å²) in [5.41, 5.74) is 1.34. The first-order valence-corrected chi connectivity index (χ1v) is 15.4. The summed E-state index contributed by atoms with van der Waals surface area (Å²) in [6.45, 7) is 0.157. The lowest BCUT2D eigenvalue weighted by molar-refractivity contribution is -0.122. The third-order valence-electron chi connectivity index (χ3n) is 6.93. The fourth-order valence-electron chi connectivity index (χ4n) is 4.68.